The van der Waals surface area contributed by atoms with Gasteiger partial charge in [-0.1, -0.05) is 11.6 Å². The number of unbranched alkanes of at least 4 members (excludes halogenated alkanes) is 1. The average molecular weight is 339 g/mol. The Kier molecular flexibility index (Phi) is 6.25. The molecule has 0 atom stereocenters. The van der Waals surface area contributed by atoms with Crippen molar-refractivity contribution in [1.29, 1.82) is 0 Å². The number of nitrogens with zero attached hydrogens (tertiary/aromatic N) is 1. The normalized spacial score (nSPS) is 17.4. The SMILES string of the molecule is O=S(=O)(NCCCCN1CCOCC1)c1ccc(Cl)s1. The fraction of sp³-hybridized carbons (Fsp3) is 0.667. The van der Waals surface area contributed by atoms with Crippen molar-refractivity contribution < 1.29 is 13.2 Å². The first-order valence-corrected chi connectivity index (χ1v) is 9.31. The second-order valence-electron chi connectivity index (χ2n) is 4.62. The fourth-order valence-electron chi connectivity index (χ4n) is 2.00. The van der Waals surface area contributed by atoms with Gasteiger partial charge in [0.05, 0.1) is 17.6 Å². The minimum absolute atomic E-state index is 0.274. The Labute approximate surface area is 128 Å². The number of sulfonamides is 1. The first-order chi connectivity index (χ1) is 9.58. The summed E-state index contributed by atoms with van der Waals surface area (Å²) >= 11 is 6.82. The standard InChI is InChI=1S/C12H19ClN2O3S2/c13-11-3-4-12(19-11)20(16,17)14-5-1-2-6-15-7-9-18-10-8-15/h3-4,14H,1-2,5-10H2. The number of thiophene rings is 1. The van der Waals surface area contributed by atoms with Crippen LogP contribution in [0.15, 0.2) is 16.3 Å². The van der Waals surface area contributed by atoms with E-state index in [1.54, 1.807) is 6.07 Å². The van der Waals surface area contributed by atoms with Crippen molar-refractivity contribution in [2.24, 2.45) is 0 Å². The Morgan fingerprint density at radius 2 is 2.05 bits per heavy atom. The van der Waals surface area contributed by atoms with Gasteiger partial charge in [-0.3, -0.25) is 4.90 Å². The van der Waals surface area contributed by atoms with Gasteiger partial charge in [-0.2, -0.15) is 0 Å². The van der Waals surface area contributed by atoms with Crippen LogP contribution in [0, 0.1) is 0 Å². The Morgan fingerprint density at radius 3 is 2.70 bits per heavy atom. The highest BCUT2D eigenvalue weighted by Gasteiger charge is 2.15. The number of rotatable bonds is 7. The monoisotopic (exact) mass is 338 g/mol. The molecule has 0 radical (unpaired) electrons. The topological polar surface area (TPSA) is 58.6 Å². The smallest absolute Gasteiger partial charge is 0.250 e. The highest BCUT2D eigenvalue weighted by Crippen LogP contribution is 2.25. The molecule has 1 aliphatic heterocycles. The molecule has 1 fully saturated rings. The molecular formula is C12H19ClN2O3S2. The maximum Gasteiger partial charge on any atom is 0.250 e. The number of hydrogen-bond donors (Lipinski definition) is 1. The zero-order chi connectivity index (χ0) is 14.4. The summed E-state index contributed by atoms with van der Waals surface area (Å²) in [5.74, 6) is 0. The molecule has 0 aromatic carbocycles. The zero-order valence-corrected chi connectivity index (χ0v) is 13.6. The van der Waals surface area contributed by atoms with Crippen molar-refractivity contribution in [3.63, 3.8) is 0 Å². The molecule has 1 aromatic heterocycles. The third kappa shape index (κ3) is 4.98. The number of ether oxygens (including phenoxy) is 1. The van der Waals surface area contributed by atoms with E-state index in [9.17, 15) is 8.42 Å². The van der Waals surface area contributed by atoms with Crippen molar-refractivity contribution in [2.75, 3.05) is 39.4 Å². The Bertz CT molecular complexity index is 513. The molecule has 1 aliphatic rings. The van der Waals surface area contributed by atoms with Gasteiger partial charge in [0.25, 0.3) is 0 Å². The Hall–Kier alpha value is -0.180. The summed E-state index contributed by atoms with van der Waals surface area (Å²) in [5.41, 5.74) is 0. The summed E-state index contributed by atoms with van der Waals surface area (Å²) in [5, 5.41) is 0. The van der Waals surface area contributed by atoms with Crippen LogP contribution < -0.4 is 4.72 Å². The molecule has 2 heterocycles. The third-order valence-corrected chi connectivity index (χ3v) is 6.29. The minimum Gasteiger partial charge on any atom is -0.379 e. The number of nitrogens with one attached hydrogen (secondary N) is 1. The van der Waals surface area contributed by atoms with Crippen LogP contribution >= 0.6 is 22.9 Å². The highest BCUT2D eigenvalue weighted by atomic mass is 35.5. The molecular weight excluding hydrogens is 320 g/mol. The number of halogens is 1. The van der Waals surface area contributed by atoms with Crippen LogP contribution in [0.4, 0.5) is 0 Å². The predicted octanol–water partition coefficient (Wildman–Crippen LogP) is 1.79. The maximum atomic E-state index is 11.9. The van der Waals surface area contributed by atoms with E-state index in [1.807, 2.05) is 0 Å². The lowest BCUT2D eigenvalue weighted by atomic mass is 10.3. The van der Waals surface area contributed by atoms with Gasteiger partial charge in [0.1, 0.15) is 4.21 Å². The quantitative estimate of drug-likeness (QED) is 0.770. The highest BCUT2D eigenvalue weighted by molar-refractivity contribution is 7.91. The number of hydrogen-bond acceptors (Lipinski definition) is 5. The summed E-state index contributed by atoms with van der Waals surface area (Å²) in [6, 6.07) is 3.13. The van der Waals surface area contributed by atoms with Crippen LogP contribution in [0.2, 0.25) is 4.34 Å². The Morgan fingerprint density at radius 1 is 1.30 bits per heavy atom. The van der Waals surface area contributed by atoms with E-state index >= 15 is 0 Å². The van der Waals surface area contributed by atoms with Crippen molar-refractivity contribution >= 4 is 33.0 Å². The molecule has 0 aliphatic carbocycles. The van der Waals surface area contributed by atoms with Crippen molar-refractivity contribution in [3.05, 3.63) is 16.5 Å². The third-order valence-electron chi connectivity index (χ3n) is 3.11. The molecule has 20 heavy (non-hydrogen) atoms. The van der Waals surface area contributed by atoms with Gasteiger partial charge in [-0.15, -0.1) is 11.3 Å². The molecule has 0 amide bonds. The van der Waals surface area contributed by atoms with Crippen molar-refractivity contribution in [2.45, 2.75) is 17.1 Å². The molecule has 5 nitrogen and oxygen atoms in total. The van der Waals surface area contributed by atoms with Gasteiger partial charge in [0.2, 0.25) is 10.0 Å². The number of morpholine rings is 1. The first-order valence-electron chi connectivity index (χ1n) is 6.63. The van der Waals surface area contributed by atoms with E-state index in [0.717, 1.165) is 57.0 Å². The van der Waals surface area contributed by atoms with Gasteiger partial charge in [0.15, 0.2) is 0 Å². The van der Waals surface area contributed by atoms with E-state index in [4.69, 9.17) is 16.3 Å². The second kappa shape index (κ2) is 7.72. The van der Waals surface area contributed by atoms with Gasteiger partial charge < -0.3 is 4.74 Å². The maximum absolute atomic E-state index is 11.9. The van der Waals surface area contributed by atoms with E-state index in [-0.39, 0.29) is 4.21 Å². The average Bonchev–Trinajstić information content (AvgIpc) is 2.87. The summed E-state index contributed by atoms with van der Waals surface area (Å²) in [6.45, 7) is 4.99. The lowest BCUT2D eigenvalue weighted by molar-refractivity contribution is 0.0372. The molecule has 1 aromatic rings. The molecule has 0 spiro atoms. The molecule has 1 N–H and O–H groups in total. The van der Waals surface area contributed by atoms with Crippen molar-refractivity contribution in [1.82, 2.24) is 9.62 Å². The van der Waals surface area contributed by atoms with Crippen LogP contribution in [0.25, 0.3) is 0 Å². The summed E-state index contributed by atoms with van der Waals surface area (Å²) in [6.07, 6.45) is 1.81. The molecule has 1 saturated heterocycles. The van der Waals surface area contributed by atoms with Crippen LogP contribution in [-0.4, -0.2) is 52.7 Å². The predicted molar refractivity (Wildman–Crippen MR) is 81.0 cm³/mol. The van der Waals surface area contributed by atoms with Crippen LogP contribution in [0.1, 0.15) is 12.8 Å². The fourth-order valence-corrected chi connectivity index (χ4v) is 4.61. The summed E-state index contributed by atoms with van der Waals surface area (Å²) < 4.78 is 32.5. The van der Waals surface area contributed by atoms with E-state index in [0.29, 0.717) is 10.9 Å². The first kappa shape index (κ1) is 16.2. The summed E-state index contributed by atoms with van der Waals surface area (Å²) in [7, 11) is -3.39. The van der Waals surface area contributed by atoms with Crippen molar-refractivity contribution in [3.8, 4) is 0 Å². The van der Waals surface area contributed by atoms with E-state index in [1.165, 1.54) is 6.07 Å². The van der Waals surface area contributed by atoms with Gasteiger partial charge in [-0.25, -0.2) is 13.1 Å². The molecule has 0 saturated carbocycles. The van der Waals surface area contributed by atoms with Gasteiger partial charge in [-0.05, 0) is 31.5 Å². The lowest BCUT2D eigenvalue weighted by Crippen LogP contribution is -2.37. The summed E-state index contributed by atoms with van der Waals surface area (Å²) in [4.78, 5) is 2.34. The second-order valence-corrected chi connectivity index (χ2v) is 8.33. The lowest BCUT2D eigenvalue weighted by Gasteiger charge is -2.26. The van der Waals surface area contributed by atoms with Crippen LogP contribution in [-0.2, 0) is 14.8 Å². The molecule has 0 unspecified atom stereocenters. The van der Waals surface area contributed by atoms with E-state index < -0.39 is 10.0 Å². The Balaban J connectivity index is 1.65. The van der Waals surface area contributed by atoms with Gasteiger partial charge >= 0.3 is 0 Å². The largest absolute Gasteiger partial charge is 0.379 e. The molecule has 114 valence electrons. The van der Waals surface area contributed by atoms with Crippen LogP contribution in [0.3, 0.4) is 0 Å². The molecule has 0 bridgehead atoms. The molecule has 2 rings (SSSR count). The van der Waals surface area contributed by atoms with Gasteiger partial charge in [0, 0.05) is 19.6 Å². The van der Waals surface area contributed by atoms with Crippen LogP contribution in [0.5, 0.6) is 0 Å². The van der Waals surface area contributed by atoms with E-state index in [2.05, 4.69) is 9.62 Å². The molecule has 8 heteroatoms. The zero-order valence-electron chi connectivity index (χ0n) is 11.2. The minimum atomic E-state index is -3.39.